The molecule has 2 rings (SSSR count). The fourth-order valence-corrected chi connectivity index (χ4v) is 2.24. The molecule has 1 aliphatic heterocycles. The standard InChI is InChI=1S/C11H14Cl2N2O/c12-8-6-10(13)11(15-7-8)16-5-3-9-2-1-4-14-9/h6-7,9,14H,1-5H2. The Bertz CT molecular complexity index is 354. The number of halogens is 2. The van der Waals surface area contributed by atoms with Gasteiger partial charge in [0, 0.05) is 12.2 Å². The molecule has 3 nitrogen and oxygen atoms in total. The highest BCUT2D eigenvalue weighted by Crippen LogP contribution is 2.24. The lowest BCUT2D eigenvalue weighted by Crippen LogP contribution is -2.23. The minimum absolute atomic E-state index is 0.462. The SMILES string of the molecule is Clc1cnc(OCCC2CCCN2)c(Cl)c1. The molecular weight excluding hydrogens is 247 g/mol. The molecule has 0 bridgehead atoms. The van der Waals surface area contributed by atoms with E-state index in [9.17, 15) is 0 Å². The molecule has 1 aromatic heterocycles. The second-order valence-corrected chi connectivity index (χ2v) is 4.71. The summed E-state index contributed by atoms with van der Waals surface area (Å²) in [5, 5.41) is 4.40. The van der Waals surface area contributed by atoms with Gasteiger partial charge in [0.1, 0.15) is 5.02 Å². The molecule has 1 atom stereocenters. The molecule has 0 radical (unpaired) electrons. The molecule has 0 aliphatic carbocycles. The average molecular weight is 261 g/mol. The summed E-state index contributed by atoms with van der Waals surface area (Å²) in [6, 6.07) is 2.21. The van der Waals surface area contributed by atoms with Gasteiger partial charge < -0.3 is 10.1 Å². The summed E-state index contributed by atoms with van der Waals surface area (Å²) in [7, 11) is 0. The van der Waals surface area contributed by atoms with Gasteiger partial charge in [0.2, 0.25) is 5.88 Å². The summed E-state index contributed by atoms with van der Waals surface area (Å²) in [5.41, 5.74) is 0. The summed E-state index contributed by atoms with van der Waals surface area (Å²) in [4.78, 5) is 4.04. The Morgan fingerprint density at radius 1 is 1.50 bits per heavy atom. The summed E-state index contributed by atoms with van der Waals surface area (Å²) in [6.07, 6.45) is 5.01. The van der Waals surface area contributed by atoms with Crippen LogP contribution in [0.5, 0.6) is 5.88 Å². The van der Waals surface area contributed by atoms with Crippen molar-refractivity contribution in [1.82, 2.24) is 10.3 Å². The first-order chi connectivity index (χ1) is 7.75. The van der Waals surface area contributed by atoms with Crippen LogP contribution in [0.25, 0.3) is 0 Å². The molecule has 0 saturated carbocycles. The van der Waals surface area contributed by atoms with E-state index in [1.165, 1.54) is 19.0 Å². The maximum absolute atomic E-state index is 5.94. The van der Waals surface area contributed by atoms with Crippen molar-refractivity contribution >= 4 is 23.2 Å². The van der Waals surface area contributed by atoms with Gasteiger partial charge in [-0.1, -0.05) is 23.2 Å². The van der Waals surface area contributed by atoms with Crippen LogP contribution in [-0.4, -0.2) is 24.2 Å². The quantitative estimate of drug-likeness (QED) is 0.904. The summed E-state index contributed by atoms with van der Waals surface area (Å²) < 4.78 is 5.51. The van der Waals surface area contributed by atoms with Crippen LogP contribution in [0.2, 0.25) is 10.0 Å². The van der Waals surface area contributed by atoms with Crippen LogP contribution < -0.4 is 10.1 Å². The van der Waals surface area contributed by atoms with Gasteiger partial charge in [-0.3, -0.25) is 0 Å². The number of hydrogen-bond acceptors (Lipinski definition) is 3. The normalized spacial score (nSPS) is 20.0. The van der Waals surface area contributed by atoms with Gasteiger partial charge in [-0.15, -0.1) is 0 Å². The molecule has 0 aromatic carbocycles. The van der Waals surface area contributed by atoms with Gasteiger partial charge >= 0.3 is 0 Å². The summed E-state index contributed by atoms with van der Waals surface area (Å²) in [6.45, 7) is 1.75. The van der Waals surface area contributed by atoms with Crippen molar-refractivity contribution in [1.29, 1.82) is 0 Å². The van der Waals surface area contributed by atoms with E-state index in [4.69, 9.17) is 27.9 Å². The van der Waals surface area contributed by atoms with Crippen LogP contribution in [-0.2, 0) is 0 Å². The largest absolute Gasteiger partial charge is 0.477 e. The Morgan fingerprint density at radius 3 is 3.06 bits per heavy atom. The Balaban J connectivity index is 1.80. The maximum Gasteiger partial charge on any atom is 0.232 e. The lowest BCUT2D eigenvalue weighted by Gasteiger charge is -2.11. The third kappa shape index (κ3) is 3.24. The Morgan fingerprint density at radius 2 is 2.38 bits per heavy atom. The zero-order chi connectivity index (χ0) is 11.4. The van der Waals surface area contributed by atoms with Gasteiger partial charge in [0.05, 0.1) is 11.6 Å². The average Bonchev–Trinajstić information content (AvgIpc) is 2.74. The fraction of sp³-hybridized carbons (Fsp3) is 0.545. The van der Waals surface area contributed by atoms with E-state index < -0.39 is 0 Å². The number of rotatable bonds is 4. The molecule has 1 saturated heterocycles. The zero-order valence-corrected chi connectivity index (χ0v) is 10.4. The molecule has 1 unspecified atom stereocenters. The first kappa shape index (κ1) is 12.0. The third-order valence-corrected chi connectivity index (χ3v) is 3.12. The van der Waals surface area contributed by atoms with Crippen molar-refractivity contribution in [2.75, 3.05) is 13.2 Å². The Labute approximate surface area is 105 Å². The zero-order valence-electron chi connectivity index (χ0n) is 8.88. The predicted molar refractivity (Wildman–Crippen MR) is 65.4 cm³/mol. The molecule has 16 heavy (non-hydrogen) atoms. The summed E-state index contributed by atoms with van der Waals surface area (Å²) in [5.74, 6) is 0.462. The highest BCUT2D eigenvalue weighted by atomic mass is 35.5. The van der Waals surface area contributed by atoms with Gasteiger partial charge in [-0.05, 0) is 31.9 Å². The van der Waals surface area contributed by atoms with E-state index in [1.54, 1.807) is 6.07 Å². The number of ether oxygens (including phenoxy) is 1. The van der Waals surface area contributed by atoms with E-state index in [2.05, 4.69) is 10.3 Å². The number of nitrogens with zero attached hydrogens (tertiary/aromatic N) is 1. The maximum atomic E-state index is 5.94. The van der Waals surface area contributed by atoms with E-state index in [-0.39, 0.29) is 0 Å². The van der Waals surface area contributed by atoms with E-state index in [0.29, 0.717) is 28.6 Å². The highest BCUT2D eigenvalue weighted by Gasteiger charge is 2.14. The molecule has 0 amide bonds. The van der Waals surface area contributed by atoms with Gasteiger partial charge in [0.15, 0.2) is 0 Å². The fourth-order valence-electron chi connectivity index (χ4n) is 1.81. The van der Waals surface area contributed by atoms with Crippen molar-refractivity contribution < 1.29 is 4.74 Å². The van der Waals surface area contributed by atoms with E-state index in [1.807, 2.05) is 0 Å². The molecule has 1 fully saturated rings. The third-order valence-electron chi connectivity index (χ3n) is 2.64. The van der Waals surface area contributed by atoms with Gasteiger partial charge in [-0.2, -0.15) is 0 Å². The Kier molecular flexibility index (Phi) is 4.27. The van der Waals surface area contributed by atoms with Crippen LogP contribution in [0.3, 0.4) is 0 Å². The van der Waals surface area contributed by atoms with Crippen molar-refractivity contribution in [2.24, 2.45) is 0 Å². The monoisotopic (exact) mass is 260 g/mol. The van der Waals surface area contributed by atoms with E-state index >= 15 is 0 Å². The van der Waals surface area contributed by atoms with E-state index in [0.717, 1.165) is 13.0 Å². The minimum Gasteiger partial charge on any atom is -0.477 e. The Hall–Kier alpha value is -0.510. The predicted octanol–water partition coefficient (Wildman–Crippen LogP) is 2.91. The van der Waals surface area contributed by atoms with Crippen LogP contribution >= 0.6 is 23.2 Å². The first-order valence-corrected chi connectivity index (χ1v) is 6.18. The molecular formula is C11H14Cl2N2O. The van der Waals surface area contributed by atoms with Gasteiger partial charge in [0.25, 0.3) is 0 Å². The molecule has 1 aromatic rings. The molecule has 2 heterocycles. The second-order valence-electron chi connectivity index (χ2n) is 3.87. The number of aromatic nitrogens is 1. The molecule has 0 spiro atoms. The van der Waals surface area contributed by atoms with Crippen molar-refractivity contribution in [2.45, 2.75) is 25.3 Å². The van der Waals surface area contributed by atoms with Crippen molar-refractivity contribution in [3.8, 4) is 5.88 Å². The summed E-state index contributed by atoms with van der Waals surface area (Å²) >= 11 is 11.7. The lowest BCUT2D eigenvalue weighted by molar-refractivity contribution is 0.282. The first-order valence-electron chi connectivity index (χ1n) is 5.43. The second kappa shape index (κ2) is 5.71. The number of pyridine rings is 1. The van der Waals surface area contributed by atoms with Crippen LogP contribution in [0.4, 0.5) is 0 Å². The van der Waals surface area contributed by atoms with Crippen LogP contribution in [0.15, 0.2) is 12.3 Å². The van der Waals surface area contributed by atoms with Crippen molar-refractivity contribution in [3.63, 3.8) is 0 Å². The lowest BCUT2D eigenvalue weighted by atomic mass is 10.2. The highest BCUT2D eigenvalue weighted by molar-refractivity contribution is 6.35. The van der Waals surface area contributed by atoms with Crippen LogP contribution in [0, 0.1) is 0 Å². The molecule has 1 N–H and O–H groups in total. The van der Waals surface area contributed by atoms with Gasteiger partial charge in [-0.25, -0.2) is 4.98 Å². The number of hydrogen-bond donors (Lipinski definition) is 1. The molecule has 1 aliphatic rings. The minimum atomic E-state index is 0.462. The molecule has 5 heteroatoms. The van der Waals surface area contributed by atoms with Crippen molar-refractivity contribution in [3.05, 3.63) is 22.3 Å². The molecule has 88 valence electrons. The topological polar surface area (TPSA) is 34.1 Å². The van der Waals surface area contributed by atoms with Crippen LogP contribution in [0.1, 0.15) is 19.3 Å². The smallest absolute Gasteiger partial charge is 0.232 e. The number of nitrogens with one attached hydrogen (secondary N) is 1.